The van der Waals surface area contributed by atoms with E-state index in [2.05, 4.69) is 9.97 Å². The molecule has 1 N–H and O–H groups in total. The van der Waals surface area contributed by atoms with E-state index in [4.69, 9.17) is 11.6 Å². The van der Waals surface area contributed by atoms with Gasteiger partial charge in [-0.2, -0.15) is 13.2 Å². The van der Waals surface area contributed by atoms with Gasteiger partial charge in [-0.25, -0.2) is 4.98 Å². The summed E-state index contributed by atoms with van der Waals surface area (Å²) in [7, 11) is 0. The molecule has 0 amide bonds. The average molecular weight is 370 g/mol. The highest BCUT2D eigenvalue weighted by molar-refractivity contribution is 6.30. The molecule has 133 valence electrons. The second-order valence-corrected chi connectivity index (χ2v) is 6.78. The van der Waals surface area contributed by atoms with Crippen LogP contribution in [0.4, 0.5) is 13.2 Å². The number of hydrogen-bond donors (Lipinski definition) is 1. The fourth-order valence-corrected chi connectivity index (χ4v) is 3.31. The number of nitrogens with zero attached hydrogens (tertiary/aromatic N) is 1. The van der Waals surface area contributed by atoms with Crippen molar-refractivity contribution in [1.29, 1.82) is 0 Å². The van der Waals surface area contributed by atoms with Gasteiger partial charge in [0.2, 0.25) is 0 Å². The summed E-state index contributed by atoms with van der Waals surface area (Å²) in [5.41, 5.74) is 1.02. The van der Waals surface area contributed by atoms with Crippen LogP contribution in [0.5, 0.6) is 0 Å². The molecule has 0 spiro atoms. The molecule has 3 rings (SSSR count). The van der Waals surface area contributed by atoms with Crippen molar-refractivity contribution in [2.75, 3.05) is 0 Å². The number of nitrogens with one attached hydrogen (secondary N) is 1. The molecule has 0 saturated heterocycles. The molecule has 7 heteroatoms. The third kappa shape index (κ3) is 4.63. The predicted molar refractivity (Wildman–Crippen MR) is 89.6 cm³/mol. The van der Waals surface area contributed by atoms with Gasteiger partial charge >= 0.3 is 6.18 Å². The summed E-state index contributed by atoms with van der Waals surface area (Å²) in [6.07, 6.45) is -1.51. The number of rotatable bonds is 3. The summed E-state index contributed by atoms with van der Waals surface area (Å²) in [4.78, 5) is 19.0. The highest BCUT2D eigenvalue weighted by Gasteiger charge is 2.41. The quantitative estimate of drug-likeness (QED) is 0.839. The van der Waals surface area contributed by atoms with Gasteiger partial charge in [0.15, 0.2) is 0 Å². The SMILES string of the molecule is O=c1cc([CH]c2ccc(Cl)cc2)nc([C@H]2CC[C@@H](C(F)(F)F)CC2)[nH]1. The molecule has 1 aromatic carbocycles. The lowest BCUT2D eigenvalue weighted by atomic mass is 9.81. The minimum Gasteiger partial charge on any atom is -0.310 e. The molecule has 2 aromatic rings. The summed E-state index contributed by atoms with van der Waals surface area (Å²) >= 11 is 5.85. The molecule has 0 unspecified atom stereocenters. The minimum atomic E-state index is -4.14. The molecule has 0 bridgehead atoms. The fourth-order valence-electron chi connectivity index (χ4n) is 3.19. The first kappa shape index (κ1) is 18.0. The number of aromatic nitrogens is 2. The molecule has 0 aliphatic heterocycles. The van der Waals surface area contributed by atoms with Crippen molar-refractivity contribution in [3.63, 3.8) is 0 Å². The number of alkyl halides is 3. The first-order valence-electron chi connectivity index (χ1n) is 8.09. The van der Waals surface area contributed by atoms with Crippen molar-refractivity contribution in [3.8, 4) is 0 Å². The maximum Gasteiger partial charge on any atom is 0.391 e. The fraction of sp³-hybridized carbons (Fsp3) is 0.389. The standard InChI is InChI=1S/C18H17ClF3N2O/c19-14-7-1-11(2-8-14)9-15-10-16(25)24-17(23-15)12-3-5-13(6-4-12)18(20,21)22/h1-2,7-10,12-13H,3-6H2,(H,23,24,25)/t12-,13+. The van der Waals surface area contributed by atoms with Crippen LogP contribution in [0.1, 0.15) is 48.7 Å². The van der Waals surface area contributed by atoms with Crippen LogP contribution >= 0.6 is 11.6 Å². The Balaban J connectivity index is 1.74. The number of halogens is 4. The second kappa shape index (κ2) is 7.20. The first-order valence-corrected chi connectivity index (χ1v) is 8.47. The monoisotopic (exact) mass is 369 g/mol. The van der Waals surface area contributed by atoms with E-state index in [1.54, 1.807) is 30.7 Å². The Morgan fingerprint density at radius 2 is 1.76 bits per heavy atom. The third-order valence-corrected chi connectivity index (χ3v) is 4.79. The molecule has 3 nitrogen and oxygen atoms in total. The number of aromatic amines is 1. The van der Waals surface area contributed by atoms with Crippen molar-refractivity contribution in [1.82, 2.24) is 9.97 Å². The molecule has 25 heavy (non-hydrogen) atoms. The maximum atomic E-state index is 12.8. The summed E-state index contributed by atoms with van der Waals surface area (Å²) in [6.45, 7) is 0. The molecule has 1 radical (unpaired) electrons. The normalized spacial score (nSPS) is 21.3. The van der Waals surface area contributed by atoms with Crippen LogP contribution in [0.15, 0.2) is 35.1 Å². The number of benzene rings is 1. The third-order valence-electron chi connectivity index (χ3n) is 4.54. The van der Waals surface area contributed by atoms with Gasteiger partial charge in [0.1, 0.15) is 5.82 Å². The van der Waals surface area contributed by atoms with Crippen LogP contribution in [0.2, 0.25) is 5.02 Å². The predicted octanol–water partition coefficient (Wildman–Crippen LogP) is 4.86. The smallest absolute Gasteiger partial charge is 0.310 e. The summed E-state index contributed by atoms with van der Waals surface area (Å²) in [6, 6.07) is 8.46. The second-order valence-electron chi connectivity index (χ2n) is 6.34. The molecule has 1 aliphatic carbocycles. The van der Waals surface area contributed by atoms with Gasteiger partial charge in [-0.15, -0.1) is 0 Å². The zero-order valence-electron chi connectivity index (χ0n) is 13.3. The Hall–Kier alpha value is -1.82. The van der Waals surface area contributed by atoms with E-state index in [-0.39, 0.29) is 24.3 Å². The van der Waals surface area contributed by atoms with Gasteiger partial charge in [-0.1, -0.05) is 23.7 Å². The highest BCUT2D eigenvalue weighted by atomic mass is 35.5. The molecular weight excluding hydrogens is 353 g/mol. The Morgan fingerprint density at radius 3 is 2.36 bits per heavy atom. The van der Waals surface area contributed by atoms with Crippen LogP contribution < -0.4 is 5.56 Å². The molecule has 1 fully saturated rings. The van der Waals surface area contributed by atoms with E-state index in [1.165, 1.54) is 6.07 Å². The van der Waals surface area contributed by atoms with Gasteiger partial charge in [0, 0.05) is 23.4 Å². The molecular formula is C18H17ClF3N2O. The van der Waals surface area contributed by atoms with E-state index in [0.29, 0.717) is 29.4 Å². The van der Waals surface area contributed by atoms with Crippen molar-refractivity contribution in [2.24, 2.45) is 5.92 Å². The average Bonchev–Trinajstić information content (AvgIpc) is 2.56. The van der Waals surface area contributed by atoms with Gasteiger partial charge in [-0.05, 0) is 43.4 Å². The lowest BCUT2D eigenvalue weighted by Crippen LogP contribution is -2.28. The van der Waals surface area contributed by atoms with Crippen LogP contribution in [0, 0.1) is 12.3 Å². The van der Waals surface area contributed by atoms with E-state index in [1.807, 2.05) is 0 Å². The van der Waals surface area contributed by atoms with Crippen molar-refractivity contribution >= 4 is 11.6 Å². The Kier molecular flexibility index (Phi) is 5.18. The Morgan fingerprint density at radius 1 is 1.12 bits per heavy atom. The van der Waals surface area contributed by atoms with Crippen LogP contribution in [-0.2, 0) is 0 Å². The summed E-state index contributed by atoms with van der Waals surface area (Å²) in [5.74, 6) is -0.933. The topological polar surface area (TPSA) is 45.8 Å². The van der Waals surface area contributed by atoms with Crippen molar-refractivity contribution in [3.05, 3.63) is 69.2 Å². The van der Waals surface area contributed by atoms with Crippen molar-refractivity contribution < 1.29 is 13.2 Å². The van der Waals surface area contributed by atoms with Gasteiger partial charge < -0.3 is 4.98 Å². The first-order chi connectivity index (χ1) is 11.8. The lowest BCUT2D eigenvalue weighted by molar-refractivity contribution is -0.182. The van der Waals surface area contributed by atoms with Crippen LogP contribution in [0.25, 0.3) is 0 Å². The summed E-state index contributed by atoms with van der Waals surface area (Å²) < 4.78 is 38.3. The number of H-pyrrole nitrogens is 1. The van der Waals surface area contributed by atoms with Crippen LogP contribution in [-0.4, -0.2) is 16.1 Å². The molecule has 1 saturated carbocycles. The number of hydrogen-bond acceptors (Lipinski definition) is 2. The largest absolute Gasteiger partial charge is 0.391 e. The highest BCUT2D eigenvalue weighted by Crippen LogP contribution is 2.42. The molecule has 1 heterocycles. The van der Waals surface area contributed by atoms with E-state index in [9.17, 15) is 18.0 Å². The summed E-state index contributed by atoms with van der Waals surface area (Å²) in [5, 5.41) is 0.609. The van der Waals surface area contributed by atoms with Gasteiger partial charge in [0.05, 0.1) is 11.6 Å². The zero-order chi connectivity index (χ0) is 18.0. The Bertz CT molecular complexity index is 778. The van der Waals surface area contributed by atoms with E-state index in [0.717, 1.165) is 5.56 Å². The van der Waals surface area contributed by atoms with E-state index < -0.39 is 12.1 Å². The lowest BCUT2D eigenvalue weighted by Gasteiger charge is -2.29. The molecule has 1 aromatic heterocycles. The van der Waals surface area contributed by atoms with Crippen LogP contribution in [0.3, 0.4) is 0 Å². The minimum absolute atomic E-state index is 0.0724. The molecule has 1 aliphatic rings. The van der Waals surface area contributed by atoms with E-state index >= 15 is 0 Å². The Labute approximate surface area is 148 Å². The zero-order valence-corrected chi connectivity index (χ0v) is 14.1. The molecule has 0 atom stereocenters. The van der Waals surface area contributed by atoms with Gasteiger partial charge in [0.25, 0.3) is 5.56 Å². The van der Waals surface area contributed by atoms with Gasteiger partial charge in [-0.3, -0.25) is 4.79 Å². The van der Waals surface area contributed by atoms with Crippen molar-refractivity contribution in [2.45, 2.75) is 37.8 Å². The maximum absolute atomic E-state index is 12.8.